The molecule has 2 nitrogen and oxygen atoms in total. The zero-order valence-electron chi connectivity index (χ0n) is 7.71. The summed E-state index contributed by atoms with van der Waals surface area (Å²) in [5, 5.41) is 0. The van der Waals surface area contributed by atoms with E-state index < -0.39 is 0 Å². The van der Waals surface area contributed by atoms with Crippen LogP contribution in [0.1, 0.15) is 26.7 Å². The Hall–Kier alpha value is -0.0800. The van der Waals surface area contributed by atoms with Crippen molar-refractivity contribution in [1.29, 1.82) is 0 Å². The van der Waals surface area contributed by atoms with Crippen LogP contribution in [0.2, 0.25) is 0 Å². The average molecular weight is 157 g/mol. The first-order chi connectivity index (χ1) is 5.16. The summed E-state index contributed by atoms with van der Waals surface area (Å²) in [7, 11) is 1.76. The van der Waals surface area contributed by atoms with Crippen molar-refractivity contribution < 1.29 is 4.74 Å². The van der Waals surface area contributed by atoms with Gasteiger partial charge in [0.05, 0.1) is 6.10 Å². The number of hydrogen-bond donors (Lipinski definition) is 1. The number of ether oxygens (including phenoxy) is 1. The zero-order valence-corrected chi connectivity index (χ0v) is 7.71. The van der Waals surface area contributed by atoms with Crippen LogP contribution in [-0.2, 0) is 4.74 Å². The highest BCUT2D eigenvalue weighted by atomic mass is 16.5. The van der Waals surface area contributed by atoms with Crippen molar-refractivity contribution in [3.8, 4) is 0 Å². The van der Waals surface area contributed by atoms with Crippen LogP contribution < -0.4 is 5.73 Å². The predicted molar refractivity (Wildman–Crippen MR) is 46.3 cm³/mol. The topological polar surface area (TPSA) is 35.2 Å². The van der Waals surface area contributed by atoms with Crippen LogP contribution in [-0.4, -0.2) is 19.3 Å². The van der Waals surface area contributed by atoms with Gasteiger partial charge in [-0.2, -0.15) is 0 Å². The molecule has 0 saturated heterocycles. The third kappa shape index (κ3) is 2.17. The number of methoxy groups -OCH3 is 1. The first-order valence-electron chi connectivity index (χ1n) is 4.45. The summed E-state index contributed by atoms with van der Waals surface area (Å²) >= 11 is 0. The van der Waals surface area contributed by atoms with Crippen LogP contribution in [0.5, 0.6) is 0 Å². The van der Waals surface area contributed by atoms with Gasteiger partial charge in [0.15, 0.2) is 0 Å². The van der Waals surface area contributed by atoms with E-state index in [2.05, 4.69) is 13.8 Å². The van der Waals surface area contributed by atoms with E-state index >= 15 is 0 Å². The SMILES string of the molecule is COC(C(C)C)C(N)C1CC1. The van der Waals surface area contributed by atoms with Gasteiger partial charge in [0.25, 0.3) is 0 Å². The minimum atomic E-state index is 0.252. The average Bonchev–Trinajstić information content (AvgIpc) is 2.68. The van der Waals surface area contributed by atoms with Gasteiger partial charge in [0.1, 0.15) is 0 Å². The van der Waals surface area contributed by atoms with Gasteiger partial charge in [-0.25, -0.2) is 0 Å². The van der Waals surface area contributed by atoms with Crippen LogP contribution in [0.4, 0.5) is 0 Å². The van der Waals surface area contributed by atoms with E-state index in [9.17, 15) is 0 Å². The van der Waals surface area contributed by atoms with E-state index in [0.717, 1.165) is 5.92 Å². The molecule has 2 heteroatoms. The summed E-state index contributed by atoms with van der Waals surface area (Å²) in [6, 6.07) is 0.264. The summed E-state index contributed by atoms with van der Waals surface area (Å²) < 4.78 is 5.35. The summed E-state index contributed by atoms with van der Waals surface area (Å²) in [6.07, 6.45) is 2.85. The summed E-state index contributed by atoms with van der Waals surface area (Å²) in [4.78, 5) is 0. The molecule has 0 aromatic rings. The second kappa shape index (κ2) is 3.55. The van der Waals surface area contributed by atoms with Gasteiger partial charge >= 0.3 is 0 Å². The van der Waals surface area contributed by atoms with Crippen LogP contribution in [0, 0.1) is 11.8 Å². The third-order valence-corrected chi connectivity index (χ3v) is 2.47. The molecule has 0 aromatic carbocycles. The van der Waals surface area contributed by atoms with Crippen molar-refractivity contribution in [3.05, 3.63) is 0 Å². The van der Waals surface area contributed by atoms with Crippen molar-refractivity contribution >= 4 is 0 Å². The standard InChI is InChI=1S/C9H19NO/c1-6(2)9(11-3)8(10)7-4-5-7/h6-9H,4-5,10H2,1-3H3. The van der Waals surface area contributed by atoms with Crippen molar-refractivity contribution in [3.63, 3.8) is 0 Å². The molecule has 1 fully saturated rings. The van der Waals surface area contributed by atoms with Gasteiger partial charge in [-0.15, -0.1) is 0 Å². The third-order valence-electron chi connectivity index (χ3n) is 2.47. The van der Waals surface area contributed by atoms with E-state index in [-0.39, 0.29) is 12.1 Å². The van der Waals surface area contributed by atoms with Crippen molar-refractivity contribution in [2.24, 2.45) is 17.6 Å². The molecule has 2 unspecified atom stereocenters. The lowest BCUT2D eigenvalue weighted by atomic mass is 9.97. The summed E-state index contributed by atoms with van der Waals surface area (Å²) in [5.74, 6) is 1.28. The fourth-order valence-corrected chi connectivity index (χ4v) is 1.62. The van der Waals surface area contributed by atoms with E-state index in [1.165, 1.54) is 12.8 Å². The highest BCUT2D eigenvalue weighted by Gasteiger charge is 2.35. The molecule has 2 N–H and O–H groups in total. The lowest BCUT2D eigenvalue weighted by molar-refractivity contribution is 0.0383. The Balaban J connectivity index is 2.38. The molecule has 0 bridgehead atoms. The summed E-state index contributed by atoms with van der Waals surface area (Å²) in [5.41, 5.74) is 6.01. The van der Waals surface area contributed by atoms with Crippen LogP contribution in [0.15, 0.2) is 0 Å². The molecule has 1 rings (SSSR count). The quantitative estimate of drug-likeness (QED) is 0.669. The van der Waals surface area contributed by atoms with Gasteiger partial charge in [-0.05, 0) is 24.7 Å². The lowest BCUT2D eigenvalue weighted by Gasteiger charge is -2.25. The molecule has 1 aliphatic carbocycles. The van der Waals surface area contributed by atoms with Gasteiger partial charge in [0.2, 0.25) is 0 Å². The van der Waals surface area contributed by atoms with Crippen molar-refractivity contribution in [2.45, 2.75) is 38.8 Å². The molecule has 0 spiro atoms. The Morgan fingerprint density at radius 3 is 2.18 bits per heavy atom. The monoisotopic (exact) mass is 157 g/mol. The highest BCUT2D eigenvalue weighted by Crippen LogP contribution is 2.34. The maximum absolute atomic E-state index is 6.01. The smallest absolute Gasteiger partial charge is 0.0747 e. The minimum absolute atomic E-state index is 0.252. The molecule has 0 radical (unpaired) electrons. The molecular weight excluding hydrogens is 138 g/mol. The minimum Gasteiger partial charge on any atom is -0.380 e. The first kappa shape index (κ1) is 9.01. The first-order valence-corrected chi connectivity index (χ1v) is 4.45. The maximum Gasteiger partial charge on any atom is 0.0747 e. The van der Waals surface area contributed by atoms with E-state index in [4.69, 9.17) is 10.5 Å². The molecule has 2 atom stereocenters. The molecule has 66 valence electrons. The number of hydrogen-bond acceptors (Lipinski definition) is 2. The van der Waals surface area contributed by atoms with E-state index in [0.29, 0.717) is 5.92 Å². The summed E-state index contributed by atoms with van der Waals surface area (Å²) in [6.45, 7) is 4.33. The number of nitrogens with two attached hydrogens (primary N) is 1. The number of rotatable bonds is 4. The van der Waals surface area contributed by atoms with Gasteiger partial charge in [-0.3, -0.25) is 0 Å². The van der Waals surface area contributed by atoms with Gasteiger partial charge in [-0.1, -0.05) is 13.8 Å². The molecular formula is C9H19NO. The van der Waals surface area contributed by atoms with Crippen molar-refractivity contribution in [2.75, 3.05) is 7.11 Å². The van der Waals surface area contributed by atoms with E-state index in [1.807, 2.05) is 0 Å². The normalized spacial score (nSPS) is 23.7. The fraction of sp³-hybridized carbons (Fsp3) is 1.00. The second-order valence-electron chi connectivity index (χ2n) is 3.86. The molecule has 0 aliphatic heterocycles. The molecule has 0 aromatic heterocycles. The van der Waals surface area contributed by atoms with Gasteiger partial charge in [0, 0.05) is 13.2 Å². The fourth-order valence-electron chi connectivity index (χ4n) is 1.62. The molecule has 1 saturated carbocycles. The highest BCUT2D eigenvalue weighted by molar-refractivity contribution is 4.90. The maximum atomic E-state index is 6.01. The molecule has 0 amide bonds. The van der Waals surface area contributed by atoms with Crippen LogP contribution in [0.25, 0.3) is 0 Å². The Morgan fingerprint density at radius 1 is 1.36 bits per heavy atom. The largest absolute Gasteiger partial charge is 0.380 e. The molecule has 1 aliphatic rings. The Kier molecular flexibility index (Phi) is 2.90. The van der Waals surface area contributed by atoms with Crippen LogP contribution >= 0.6 is 0 Å². The van der Waals surface area contributed by atoms with Crippen LogP contribution in [0.3, 0.4) is 0 Å². The molecule has 11 heavy (non-hydrogen) atoms. The predicted octanol–water partition coefficient (Wildman–Crippen LogP) is 1.39. The Morgan fingerprint density at radius 2 is 1.91 bits per heavy atom. The second-order valence-corrected chi connectivity index (χ2v) is 3.86. The Bertz CT molecular complexity index is 121. The van der Waals surface area contributed by atoms with E-state index in [1.54, 1.807) is 7.11 Å². The van der Waals surface area contributed by atoms with Crippen molar-refractivity contribution in [1.82, 2.24) is 0 Å². The molecule has 0 heterocycles. The van der Waals surface area contributed by atoms with Gasteiger partial charge < -0.3 is 10.5 Å². The zero-order chi connectivity index (χ0) is 8.43. The lowest BCUT2D eigenvalue weighted by Crippen LogP contribution is -2.41. The Labute approximate surface area is 69.1 Å².